The highest BCUT2D eigenvalue weighted by Crippen LogP contribution is 2.36. The highest BCUT2D eigenvalue weighted by molar-refractivity contribution is 5.90. The molecule has 1 aliphatic rings. The first-order valence-corrected chi connectivity index (χ1v) is 18.3. The normalized spacial score (nSPS) is 13.6. The van der Waals surface area contributed by atoms with E-state index < -0.39 is 17.6 Å². The predicted octanol–water partition coefficient (Wildman–Crippen LogP) is 8.88. The molecule has 0 atom stereocenters. The Balaban J connectivity index is 1.28. The number of fused-ring (bicyclic) bond motifs is 1. The highest BCUT2D eigenvalue weighted by Gasteiger charge is 2.29. The number of aromatic hydroxyl groups is 1. The molecular weight excluding hydrogens is 622 g/mol. The van der Waals surface area contributed by atoms with Crippen molar-refractivity contribution in [2.24, 2.45) is 0 Å². The number of esters is 1. The van der Waals surface area contributed by atoms with Gasteiger partial charge in [0.25, 0.3) is 5.56 Å². The van der Waals surface area contributed by atoms with E-state index in [0.29, 0.717) is 17.5 Å². The number of aromatic nitrogens is 3. The third kappa shape index (κ3) is 8.83. The van der Waals surface area contributed by atoms with Gasteiger partial charge in [0.2, 0.25) is 11.6 Å². The minimum Gasteiger partial charge on any atom is -0.495 e. The zero-order chi connectivity index (χ0) is 34.6. The number of ether oxygens (including phenoxy) is 2. The largest absolute Gasteiger partial charge is 0.495 e. The van der Waals surface area contributed by atoms with Crippen LogP contribution in [-0.4, -0.2) is 38.9 Å². The van der Waals surface area contributed by atoms with Gasteiger partial charge in [-0.2, -0.15) is 0 Å². The molecule has 1 saturated carbocycles. The molecule has 0 radical (unpaired) electrons. The van der Waals surface area contributed by atoms with E-state index in [0.717, 1.165) is 55.9 Å². The Morgan fingerprint density at radius 2 is 1.55 bits per heavy atom. The molecule has 1 fully saturated rings. The summed E-state index contributed by atoms with van der Waals surface area (Å²) in [5, 5.41) is 12.0. The van der Waals surface area contributed by atoms with Gasteiger partial charge in [-0.25, -0.2) is 19.1 Å². The van der Waals surface area contributed by atoms with E-state index in [-0.39, 0.29) is 40.2 Å². The zero-order valence-electron chi connectivity index (χ0n) is 29.1. The van der Waals surface area contributed by atoms with Gasteiger partial charge < -0.3 is 19.0 Å². The van der Waals surface area contributed by atoms with Crippen LogP contribution >= 0.6 is 0 Å². The fourth-order valence-electron chi connectivity index (χ4n) is 6.89. The molecule has 0 unspecified atom stereocenters. The lowest BCUT2D eigenvalue weighted by Crippen LogP contribution is -2.29. The van der Waals surface area contributed by atoms with Crippen molar-refractivity contribution in [3.8, 4) is 28.9 Å². The summed E-state index contributed by atoms with van der Waals surface area (Å²) in [7, 11) is 1.43. The molecule has 0 aliphatic heterocycles. The zero-order valence-corrected chi connectivity index (χ0v) is 29.1. The molecule has 2 aromatic heterocycles. The molecule has 1 aliphatic carbocycles. The molecule has 0 spiro atoms. The Kier molecular flexibility index (Phi) is 13.1. The molecule has 264 valence electrons. The Morgan fingerprint density at radius 3 is 2.22 bits per heavy atom. The molecule has 2 heterocycles. The first kappa shape index (κ1) is 36.0. The summed E-state index contributed by atoms with van der Waals surface area (Å²) in [6.07, 6.45) is 19.1. The summed E-state index contributed by atoms with van der Waals surface area (Å²) >= 11 is 0. The minimum absolute atomic E-state index is 0.0842. The summed E-state index contributed by atoms with van der Waals surface area (Å²) in [5.74, 6) is -1.90. The predicted molar refractivity (Wildman–Crippen MR) is 191 cm³/mol. The van der Waals surface area contributed by atoms with Crippen LogP contribution in [0.4, 0.5) is 0 Å². The number of carbonyl (C=O) groups is 1. The Labute approximate surface area is 288 Å². The molecule has 2 aromatic carbocycles. The van der Waals surface area contributed by atoms with Crippen LogP contribution in [0.15, 0.2) is 56.5 Å². The van der Waals surface area contributed by atoms with E-state index >= 15 is 0 Å². The molecule has 0 bridgehead atoms. The maximum absolute atomic E-state index is 13.8. The van der Waals surface area contributed by atoms with Crippen molar-refractivity contribution in [1.29, 1.82) is 0 Å². The van der Waals surface area contributed by atoms with Crippen molar-refractivity contribution >= 4 is 16.9 Å². The lowest BCUT2D eigenvalue weighted by atomic mass is 9.95. The number of para-hydroxylation sites is 1. The van der Waals surface area contributed by atoms with Gasteiger partial charge in [-0.15, -0.1) is 0 Å². The summed E-state index contributed by atoms with van der Waals surface area (Å²) < 4.78 is 19.2. The Hall–Kier alpha value is -4.34. The summed E-state index contributed by atoms with van der Waals surface area (Å²) in [6.45, 7) is 2.54. The molecular formula is C39H51N3O7. The molecule has 10 heteroatoms. The topological polar surface area (TPSA) is 126 Å². The van der Waals surface area contributed by atoms with Gasteiger partial charge in [0.05, 0.1) is 35.9 Å². The van der Waals surface area contributed by atoms with Gasteiger partial charge >= 0.3 is 11.7 Å². The Bertz CT molecular complexity index is 1800. The molecule has 0 amide bonds. The monoisotopic (exact) mass is 673 g/mol. The lowest BCUT2D eigenvalue weighted by Gasteiger charge is -2.25. The van der Waals surface area contributed by atoms with E-state index in [2.05, 4.69) is 6.92 Å². The number of carbonyl (C=O) groups excluding carboxylic acids is 1. The maximum Gasteiger partial charge on any atom is 0.427 e. The van der Waals surface area contributed by atoms with Crippen molar-refractivity contribution in [1.82, 2.24) is 14.1 Å². The smallest absolute Gasteiger partial charge is 0.427 e. The first-order chi connectivity index (χ1) is 23.9. The summed E-state index contributed by atoms with van der Waals surface area (Å²) in [4.78, 5) is 44.9. The van der Waals surface area contributed by atoms with Gasteiger partial charge in [-0.05, 0) is 49.6 Å². The number of rotatable bonds is 18. The van der Waals surface area contributed by atoms with Crippen LogP contribution in [0.5, 0.6) is 11.6 Å². The van der Waals surface area contributed by atoms with Crippen LogP contribution in [-0.2, 0) is 4.74 Å². The second kappa shape index (κ2) is 17.9. The molecule has 5 rings (SSSR count). The summed E-state index contributed by atoms with van der Waals surface area (Å²) in [6, 6.07) is 11.4. The van der Waals surface area contributed by atoms with Crippen molar-refractivity contribution in [3.63, 3.8) is 0 Å². The Morgan fingerprint density at radius 1 is 0.898 bits per heavy atom. The molecule has 1 N–H and O–H groups in total. The second-order valence-electron chi connectivity index (χ2n) is 13.2. The molecule has 10 nitrogen and oxygen atoms in total. The van der Waals surface area contributed by atoms with Gasteiger partial charge in [0.15, 0.2) is 5.82 Å². The van der Waals surface area contributed by atoms with Crippen LogP contribution in [0.1, 0.15) is 132 Å². The average molecular weight is 674 g/mol. The fraction of sp³-hybridized carbons (Fsp3) is 0.538. The van der Waals surface area contributed by atoms with E-state index in [9.17, 15) is 19.5 Å². The van der Waals surface area contributed by atoms with E-state index in [1.807, 2.05) is 0 Å². The quantitative estimate of drug-likeness (QED) is 0.0820. The van der Waals surface area contributed by atoms with Crippen LogP contribution in [0.25, 0.3) is 28.2 Å². The number of hydrogen-bond donors (Lipinski definition) is 1. The third-order valence-corrected chi connectivity index (χ3v) is 9.62. The molecule has 4 aromatic rings. The standard InChI is InChI=1S/C39H51N3O7/c1-3-4-5-6-7-8-9-10-11-12-13-19-26-48-38(45)28-24-25-33(47-2)32(27-28)42-37(44)34(49-39(42)46)35-40-31-23-18-17-22-30(31)36(43)41(35)29-20-15-14-16-21-29/h17-18,22-25,27,29,44H,3-16,19-21,26H2,1-2H3. The lowest BCUT2D eigenvalue weighted by molar-refractivity contribution is 0.0497. The fourth-order valence-corrected chi connectivity index (χ4v) is 6.89. The van der Waals surface area contributed by atoms with Crippen LogP contribution in [0.2, 0.25) is 0 Å². The maximum atomic E-state index is 13.8. The van der Waals surface area contributed by atoms with Crippen LogP contribution in [0.3, 0.4) is 0 Å². The minimum atomic E-state index is -0.912. The second-order valence-corrected chi connectivity index (χ2v) is 13.2. The molecule has 49 heavy (non-hydrogen) atoms. The van der Waals surface area contributed by atoms with Crippen molar-refractivity contribution in [2.75, 3.05) is 13.7 Å². The number of hydrogen-bond acceptors (Lipinski definition) is 8. The number of oxazole rings is 1. The SMILES string of the molecule is CCCCCCCCCCCCCCOC(=O)c1ccc(OC)c(-n2c(O)c(-c3nc4ccccc4c(=O)n3C3CCCCC3)oc2=O)c1. The average Bonchev–Trinajstić information content (AvgIpc) is 3.42. The van der Waals surface area contributed by atoms with E-state index in [4.69, 9.17) is 18.9 Å². The number of methoxy groups -OCH3 is 1. The number of benzene rings is 2. The van der Waals surface area contributed by atoms with Gasteiger partial charge in [0.1, 0.15) is 5.75 Å². The van der Waals surface area contributed by atoms with Crippen molar-refractivity contribution < 1.29 is 23.8 Å². The van der Waals surface area contributed by atoms with Crippen LogP contribution < -0.4 is 16.1 Å². The van der Waals surface area contributed by atoms with Crippen molar-refractivity contribution in [2.45, 2.75) is 122 Å². The van der Waals surface area contributed by atoms with E-state index in [1.165, 1.54) is 71.0 Å². The summed E-state index contributed by atoms with van der Waals surface area (Å²) in [5.41, 5.74) is 0.483. The van der Waals surface area contributed by atoms with Gasteiger partial charge in [0, 0.05) is 6.04 Å². The van der Waals surface area contributed by atoms with Crippen molar-refractivity contribution in [3.05, 3.63) is 68.9 Å². The highest BCUT2D eigenvalue weighted by atomic mass is 16.5. The number of nitrogens with zero attached hydrogens (tertiary/aromatic N) is 3. The first-order valence-electron chi connectivity index (χ1n) is 18.3. The molecule has 0 saturated heterocycles. The van der Waals surface area contributed by atoms with Gasteiger partial charge in [-0.3, -0.25) is 9.36 Å². The van der Waals surface area contributed by atoms with Gasteiger partial charge in [-0.1, -0.05) is 109 Å². The van der Waals surface area contributed by atoms with Crippen LogP contribution in [0, 0.1) is 0 Å². The van der Waals surface area contributed by atoms with E-state index in [1.54, 1.807) is 41.0 Å². The number of unbranched alkanes of at least 4 members (excludes halogenated alkanes) is 11. The third-order valence-electron chi connectivity index (χ3n) is 9.62.